The number of hydrogen-bond donors (Lipinski definition) is 4. The molecule has 264 valence electrons. The number of carboxylic acids is 1. The van der Waals surface area contributed by atoms with Crippen LogP contribution in [0.25, 0.3) is 21.7 Å². The maximum absolute atomic E-state index is 14.6. The van der Waals surface area contributed by atoms with Crippen LogP contribution < -0.4 is 20.3 Å². The second-order valence-corrected chi connectivity index (χ2v) is 13.4. The van der Waals surface area contributed by atoms with Gasteiger partial charge in [0.05, 0.1) is 11.2 Å². The van der Waals surface area contributed by atoms with Gasteiger partial charge >= 0.3 is 5.97 Å². The highest BCUT2D eigenvalue weighted by atomic mass is 35.5. The van der Waals surface area contributed by atoms with Gasteiger partial charge < -0.3 is 16.2 Å². The number of rotatable bonds is 12. The first-order valence-corrected chi connectivity index (χ1v) is 17.1. The zero-order valence-electron chi connectivity index (χ0n) is 27.5. The van der Waals surface area contributed by atoms with E-state index in [2.05, 4.69) is 10.3 Å². The molecule has 2 amide bonds. The summed E-state index contributed by atoms with van der Waals surface area (Å²) in [5.74, 6) is -2.47. The molecule has 1 heterocycles. The van der Waals surface area contributed by atoms with E-state index < -0.39 is 35.0 Å². The molecule has 0 saturated heterocycles. The molecular formula is C38H33ClN6O6S. The lowest BCUT2D eigenvalue weighted by atomic mass is 10.0. The normalized spacial score (nSPS) is 11.0. The van der Waals surface area contributed by atoms with E-state index in [1.807, 2.05) is 0 Å². The van der Waals surface area contributed by atoms with Gasteiger partial charge in [-0.1, -0.05) is 78.9 Å². The minimum Gasteiger partial charge on any atom is -0.480 e. The second kappa shape index (κ2) is 15.7. The Morgan fingerprint density at radius 3 is 2.19 bits per heavy atom. The number of halogens is 1. The maximum atomic E-state index is 14.6. The number of hydrogen-bond acceptors (Lipinski definition) is 7. The van der Waals surface area contributed by atoms with Crippen LogP contribution in [0, 0.1) is 5.41 Å². The number of nitrogen functional groups attached to an aromatic ring is 1. The number of amides is 2. The number of para-hydroxylation sites is 2. The van der Waals surface area contributed by atoms with Gasteiger partial charge in [-0.25, -0.2) is 8.42 Å². The van der Waals surface area contributed by atoms with Gasteiger partial charge in [0.25, 0.3) is 15.9 Å². The third-order valence-electron chi connectivity index (χ3n) is 8.22. The third kappa shape index (κ3) is 7.85. The predicted molar refractivity (Wildman–Crippen MR) is 203 cm³/mol. The lowest BCUT2D eigenvalue weighted by Crippen LogP contribution is -2.45. The van der Waals surface area contributed by atoms with Crippen molar-refractivity contribution >= 4 is 79.1 Å². The number of carbonyl (C=O) groups is 3. The van der Waals surface area contributed by atoms with E-state index in [1.54, 1.807) is 109 Å². The fourth-order valence-electron chi connectivity index (χ4n) is 5.70. The number of fused-ring (bicyclic) bond motifs is 2. The summed E-state index contributed by atoms with van der Waals surface area (Å²) in [7, 11) is -4.49. The standard InChI is InChI=1S/C38H32N6O6S.ClH/c39-37(40)27-16-14-25(15-17-27)22-42-38(48)32-12-4-8-28-21-30(18-19-31(28)32)44(23-34(45)43(24-35(46)47)29-10-2-1-3-11-29)51(49,50)33-13-5-7-26-9-6-20-41-36(26)33;/h1-21H,22-24H2,(H3,39,40)(H,42,48)(H,46,47);1H. The summed E-state index contributed by atoms with van der Waals surface area (Å²) in [6, 6.07) is 32.9. The fraction of sp³-hybridized carbons (Fsp3) is 0.0789. The van der Waals surface area contributed by atoms with Crippen molar-refractivity contribution in [3.63, 3.8) is 0 Å². The number of benzene rings is 5. The monoisotopic (exact) mass is 736 g/mol. The van der Waals surface area contributed by atoms with E-state index in [9.17, 15) is 27.9 Å². The number of aromatic nitrogens is 1. The van der Waals surface area contributed by atoms with Gasteiger partial charge in [-0.05, 0) is 58.8 Å². The quantitative estimate of drug-likeness (QED) is 0.0958. The third-order valence-corrected chi connectivity index (χ3v) is 10.0. The Balaban J connectivity index is 0.00000523. The van der Waals surface area contributed by atoms with E-state index >= 15 is 0 Å². The summed E-state index contributed by atoms with van der Waals surface area (Å²) in [6.45, 7) is -1.21. The summed E-state index contributed by atoms with van der Waals surface area (Å²) in [4.78, 5) is 44.3. The Bertz CT molecular complexity index is 2400. The number of nitrogens with zero attached hydrogens (tertiary/aromatic N) is 3. The Labute approximate surface area is 305 Å². The van der Waals surface area contributed by atoms with Crippen molar-refractivity contribution in [2.75, 3.05) is 22.3 Å². The Morgan fingerprint density at radius 1 is 0.788 bits per heavy atom. The summed E-state index contributed by atoms with van der Waals surface area (Å²) in [6.07, 6.45) is 1.48. The molecule has 0 bridgehead atoms. The van der Waals surface area contributed by atoms with Crippen LogP contribution in [-0.2, 0) is 26.2 Å². The van der Waals surface area contributed by atoms with Crippen LogP contribution in [0.4, 0.5) is 11.4 Å². The van der Waals surface area contributed by atoms with E-state index in [1.165, 1.54) is 18.3 Å². The van der Waals surface area contributed by atoms with E-state index in [-0.39, 0.29) is 52.5 Å². The number of pyridine rings is 1. The lowest BCUT2D eigenvalue weighted by molar-refractivity contribution is -0.136. The minimum absolute atomic E-state index is 0. The summed E-state index contributed by atoms with van der Waals surface area (Å²) < 4.78 is 30.1. The maximum Gasteiger partial charge on any atom is 0.323 e. The van der Waals surface area contributed by atoms with Crippen LogP contribution in [-0.4, -0.2) is 55.2 Å². The lowest BCUT2D eigenvalue weighted by Gasteiger charge is -2.28. The molecule has 6 rings (SSSR count). The first-order chi connectivity index (χ1) is 24.5. The molecule has 0 radical (unpaired) electrons. The predicted octanol–water partition coefficient (Wildman–Crippen LogP) is 5.34. The van der Waals surface area contributed by atoms with Crippen LogP contribution in [0.2, 0.25) is 0 Å². The molecule has 0 aliphatic carbocycles. The number of anilines is 2. The van der Waals surface area contributed by atoms with Crippen LogP contribution in [0.1, 0.15) is 21.5 Å². The van der Waals surface area contributed by atoms with Gasteiger partial charge in [-0.3, -0.25) is 34.0 Å². The molecule has 6 aromatic rings. The average molecular weight is 737 g/mol. The van der Waals surface area contributed by atoms with Gasteiger partial charge in [0.1, 0.15) is 23.8 Å². The topological polar surface area (TPSA) is 187 Å². The Morgan fingerprint density at radius 2 is 1.48 bits per heavy atom. The van der Waals surface area contributed by atoms with Crippen LogP contribution in [0.5, 0.6) is 0 Å². The smallest absolute Gasteiger partial charge is 0.323 e. The van der Waals surface area contributed by atoms with Crippen molar-refractivity contribution in [1.82, 2.24) is 10.3 Å². The molecule has 0 saturated carbocycles. The molecular weight excluding hydrogens is 704 g/mol. The van der Waals surface area contributed by atoms with E-state index in [0.717, 1.165) is 14.8 Å². The molecule has 14 heteroatoms. The van der Waals surface area contributed by atoms with Gasteiger partial charge in [0.2, 0.25) is 5.91 Å². The molecule has 12 nitrogen and oxygen atoms in total. The van der Waals surface area contributed by atoms with Crippen LogP contribution in [0.15, 0.2) is 132 Å². The van der Waals surface area contributed by atoms with Gasteiger partial charge in [-0.15, -0.1) is 12.4 Å². The highest BCUT2D eigenvalue weighted by molar-refractivity contribution is 7.93. The number of aliphatic carboxylic acids is 1. The SMILES string of the molecule is Cl.N=C(N)c1ccc(CNC(=O)c2cccc3cc(N(CC(=O)N(CC(=O)O)c4ccccc4)S(=O)(=O)c4cccc5cccnc45)ccc23)cc1. The first kappa shape index (κ1) is 37.0. The Hall–Kier alpha value is -6.31. The van der Waals surface area contributed by atoms with E-state index in [0.29, 0.717) is 27.3 Å². The molecule has 5 aromatic carbocycles. The molecule has 0 unspecified atom stereocenters. The van der Waals surface area contributed by atoms with Crippen LogP contribution >= 0.6 is 12.4 Å². The molecule has 0 atom stereocenters. The zero-order valence-corrected chi connectivity index (χ0v) is 29.1. The largest absolute Gasteiger partial charge is 0.480 e. The van der Waals surface area contributed by atoms with Crippen molar-refractivity contribution in [3.05, 3.63) is 144 Å². The number of amidine groups is 1. The van der Waals surface area contributed by atoms with Crippen molar-refractivity contribution in [3.8, 4) is 0 Å². The number of sulfonamides is 1. The van der Waals surface area contributed by atoms with Gasteiger partial charge in [0, 0.05) is 34.9 Å². The number of carbonyl (C=O) groups excluding carboxylic acids is 2. The molecule has 0 spiro atoms. The van der Waals surface area contributed by atoms with Crippen molar-refractivity contribution < 1.29 is 27.9 Å². The molecule has 0 aliphatic heterocycles. The van der Waals surface area contributed by atoms with Crippen molar-refractivity contribution in [2.24, 2.45) is 5.73 Å². The molecule has 52 heavy (non-hydrogen) atoms. The number of nitrogens with one attached hydrogen (secondary N) is 2. The van der Waals surface area contributed by atoms with E-state index in [4.69, 9.17) is 11.1 Å². The highest BCUT2D eigenvalue weighted by Gasteiger charge is 2.32. The molecule has 0 fully saturated rings. The number of nitrogens with two attached hydrogens (primary N) is 1. The van der Waals surface area contributed by atoms with Crippen molar-refractivity contribution in [1.29, 1.82) is 5.41 Å². The molecule has 1 aromatic heterocycles. The number of carboxylic acid groups (broad SMARTS) is 1. The first-order valence-electron chi connectivity index (χ1n) is 15.7. The molecule has 0 aliphatic rings. The van der Waals surface area contributed by atoms with Crippen LogP contribution in [0.3, 0.4) is 0 Å². The van der Waals surface area contributed by atoms with Gasteiger partial charge in [0.15, 0.2) is 0 Å². The second-order valence-electron chi connectivity index (χ2n) is 11.6. The van der Waals surface area contributed by atoms with Gasteiger partial charge in [-0.2, -0.15) is 0 Å². The zero-order chi connectivity index (χ0) is 36.1. The fourth-order valence-corrected chi connectivity index (χ4v) is 7.27. The average Bonchev–Trinajstić information content (AvgIpc) is 3.14. The molecule has 5 N–H and O–H groups in total. The minimum atomic E-state index is -4.49. The Kier molecular flexibility index (Phi) is 11.2. The summed E-state index contributed by atoms with van der Waals surface area (Å²) in [5, 5.41) is 21.7. The highest BCUT2D eigenvalue weighted by Crippen LogP contribution is 2.32. The summed E-state index contributed by atoms with van der Waals surface area (Å²) >= 11 is 0. The van der Waals surface area contributed by atoms with Crippen molar-refractivity contribution in [2.45, 2.75) is 11.4 Å². The summed E-state index contributed by atoms with van der Waals surface area (Å²) in [5.41, 5.74) is 7.87.